The van der Waals surface area contributed by atoms with E-state index in [1.807, 2.05) is 23.8 Å². The molecular weight excluding hydrogens is 294 g/mol. The van der Waals surface area contributed by atoms with Crippen LogP contribution in [-0.4, -0.2) is 12.5 Å². The largest absolute Gasteiger partial charge is 0.380 e. The fourth-order valence-electron chi connectivity index (χ4n) is 1.80. The van der Waals surface area contributed by atoms with Crippen LogP contribution in [0.3, 0.4) is 0 Å². The summed E-state index contributed by atoms with van der Waals surface area (Å²) in [5, 5.41) is 9.10. The lowest BCUT2D eigenvalue weighted by atomic mass is 10.1. The molecule has 0 atom stereocenters. The highest BCUT2D eigenvalue weighted by Gasteiger charge is 2.14. The summed E-state index contributed by atoms with van der Waals surface area (Å²) in [4.78, 5) is 11.9. The number of anilines is 1. The molecule has 1 aromatic heterocycles. The molecule has 112 valence electrons. The SMILES string of the molecule is CCCNc1c(F)cc(C(=O)NCc2ccsc2)cc1F. The standard InChI is InChI=1S/C15H16F2N2OS/c1-2-4-18-14-12(16)6-11(7-13(14)17)15(20)19-8-10-3-5-21-9-10/h3,5-7,9,18H,2,4,8H2,1H3,(H,19,20). The van der Waals surface area contributed by atoms with Gasteiger partial charge in [0.05, 0.1) is 0 Å². The van der Waals surface area contributed by atoms with E-state index in [0.29, 0.717) is 13.1 Å². The molecule has 1 amide bonds. The summed E-state index contributed by atoms with van der Waals surface area (Å²) in [6.07, 6.45) is 0.752. The van der Waals surface area contributed by atoms with Gasteiger partial charge in [0.1, 0.15) is 17.3 Å². The van der Waals surface area contributed by atoms with Crippen molar-refractivity contribution >= 4 is 22.9 Å². The van der Waals surface area contributed by atoms with Gasteiger partial charge in [-0.15, -0.1) is 0 Å². The summed E-state index contributed by atoms with van der Waals surface area (Å²) < 4.78 is 27.7. The number of thiophene rings is 1. The van der Waals surface area contributed by atoms with Gasteiger partial charge in [-0.1, -0.05) is 6.92 Å². The van der Waals surface area contributed by atoms with E-state index in [1.54, 1.807) is 0 Å². The number of halogens is 2. The molecule has 21 heavy (non-hydrogen) atoms. The predicted molar refractivity (Wildman–Crippen MR) is 80.6 cm³/mol. The van der Waals surface area contributed by atoms with Crippen LogP contribution in [-0.2, 0) is 6.54 Å². The Bertz CT molecular complexity index is 591. The second-order valence-electron chi connectivity index (χ2n) is 4.56. The van der Waals surface area contributed by atoms with Gasteiger partial charge >= 0.3 is 0 Å². The van der Waals surface area contributed by atoms with E-state index in [4.69, 9.17) is 0 Å². The van der Waals surface area contributed by atoms with Gasteiger partial charge < -0.3 is 10.6 Å². The smallest absolute Gasteiger partial charge is 0.251 e. The molecule has 0 fully saturated rings. The van der Waals surface area contributed by atoms with Crippen molar-refractivity contribution in [1.29, 1.82) is 0 Å². The minimum atomic E-state index is -0.760. The molecule has 2 N–H and O–H groups in total. The summed E-state index contributed by atoms with van der Waals surface area (Å²) in [6.45, 7) is 2.70. The van der Waals surface area contributed by atoms with Crippen molar-refractivity contribution in [2.75, 3.05) is 11.9 Å². The zero-order chi connectivity index (χ0) is 15.2. The Kier molecular flexibility index (Phi) is 5.27. The predicted octanol–water partition coefficient (Wildman–Crippen LogP) is 3.78. The summed E-state index contributed by atoms with van der Waals surface area (Å²) in [7, 11) is 0. The monoisotopic (exact) mass is 310 g/mol. The van der Waals surface area contributed by atoms with Crippen molar-refractivity contribution in [2.45, 2.75) is 19.9 Å². The van der Waals surface area contributed by atoms with Gasteiger partial charge in [0.15, 0.2) is 0 Å². The molecule has 0 saturated heterocycles. The van der Waals surface area contributed by atoms with Crippen LogP contribution in [0.15, 0.2) is 29.0 Å². The summed E-state index contributed by atoms with van der Waals surface area (Å²) in [5.41, 5.74) is 0.740. The van der Waals surface area contributed by atoms with Crippen LogP contribution in [0.4, 0.5) is 14.5 Å². The first-order valence-corrected chi connectivity index (χ1v) is 7.58. The van der Waals surface area contributed by atoms with Gasteiger partial charge in [-0.2, -0.15) is 11.3 Å². The molecule has 0 aliphatic heterocycles. The number of carbonyl (C=O) groups is 1. The van der Waals surface area contributed by atoms with E-state index in [1.165, 1.54) is 11.3 Å². The maximum absolute atomic E-state index is 13.8. The zero-order valence-corrected chi connectivity index (χ0v) is 12.4. The fraction of sp³-hybridized carbons (Fsp3) is 0.267. The van der Waals surface area contributed by atoms with Crippen molar-refractivity contribution in [3.8, 4) is 0 Å². The molecule has 0 aliphatic rings. The number of carbonyl (C=O) groups excluding carboxylic acids is 1. The van der Waals surface area contributed by atoms with E-state index < -0.39 is 17.5 Å². The molecule has 2 aromatic rings. The van der Waals surface area contributed by atoms with Crippen molar-refractivity contribution in [2.24, 2.45) is 0 Å². The van der Waals surface area contributed by atoms with E-state index in [-0.39, 0.29) is 11.3 Å². The maximum atomic E-state index is 13.8. The van der Waals surface area contributed by atoms with Gasteiger partial charge in [-0.25, -0.2) is 8.78 Å². The van der Waals surface area contributed by atoms with E-state index >= 15 is 0 Å². The Morgan fingerprint density at radius 1 is 1.29 bits per heavy atom. The van der Waals surface area contributed by atoms with Crippen LogP contribution in [0.2, 0.25) is 0 Å². The molecule has 1 aromatic carbocycles. The first kappa shape index (κ1) is 15.4. The van der Waals surface area contributed by atoms with Crippen LogP contribution in [0.1, 0.15) is 29.3 Å². The number of amides is 1. The number of hydrogen-bond donors (Lipinski definition) is 2. The molecule has 6 heteroatoms. The molecule has 0 saturated carbocycles. The lowest BCUT2D eigenvalue weighted by Crippen LogP contribution is -2.23. The molecule has 0 spiro atoms. The first-order valence-electron chi connectivity index (χ1n) is 6.64. The van der Waals surface area contributed by atoms with Gasteiger partial charge in [0, 0.05) is 18.7 Å². The van der Waals surface area contributed by atoms with Crippen LogP contribution < -0.4 is 10.6 Å². The average Bonchev–Trinajstić information content (AvgIpc) is 2.97. The van der Waals surface area contributed by atoms with Crippen molar-refractivity contribution in [1.82, 2.24) is 5.32 Å². The van der Waals surface area contributed by atoms with Gasteiger partial charge in [0.2, 0.25) is 0 Å². The Balaban J connectivity index is 2.07. The molecular formula is C15H16F2N2OS. The van der Waals surface area contributed by atoms with Gasteiger partial charge in [-0.05, 0) is 40.9 Å². The third-order valence-electron chi connectivity index (χ3n) is 2.89. The summed E-state index contributed by atoms with van der Waals surface area (Å²) in [5.74, 6) is -2.02. The Labute approximate surface area is 126 Å². The van der Waals surface area contributed by atoms with Crippen LogP contribution in [0.5, 0.6) is 0 Å². The maximum Gasteiger partial charge on any atom is 0.251 e. The second-order valence-corrected chi connectivity index (χ2v) is 5.34. The van der Waals surface area contributed by atoms with Crippen LogP contribution in [0.25, 0.3) is 0 Å². The third kappa shape index (κ3) is 4.01. The molecule has 0 bridgehead atoms. The lowest BCUT2D eigenvalue weighted by Gasteiger charge is -2.10. The highest BCUT2D eigenvalue weighted by Crippen LogP contribution is 2.21. The lowest BCUT2D eigenvalue weighted by molar-refractivity contribution is 0.0950. The normalized spacial score (nSPS) is 10.4. The fourth-order valence-corrected chi connectivity index (χ4v) is 2.47. The highest BCUT2D eigenvalue weighted by molar-refractivity contribution is 7.07. The van der Waals surface area contributed by atoms with Crippen LogP contribution in [0, 0.1) is 11.6 Å². The first-order chi connectivity index (χ1) is 10.1. The van der Waals surface area contributed by atoms with Gasteiger partial charge in [0.25, 0.3) is 5.91 Å². The minimum Gasteiger partial charge on any atom is -0.380 e. The number of benzene rings is 1. The van der Waals surface area contributed by atoms with E-state index in [2.05, 4.69) is 10.6 Å². The van der Waals surface area contributed by atoms with Gasteiger partial charge in [-0.3, -0.25) is 4.79 Å². The van der Waals surface area contributed by atoms with E-state index in [0.717, 1.165) is 24.1 Å². The Morgan fingerprint density at radius 2 is 2.00 bits per heavy atom. The summed E-state index contributed by atoms with van der Waals surface area (Å²) >= 11 is 1.52. The molecule has 2 rings (SSSR count). The topological polar surface area (TPSA) is 41.1 Å². The Hall–Kier alpha value is -1.95. The molecule has 0 unspecified atom stereocenters. The second kappa shape index (κ2) is 7.17. The quantitative estimate of drug-likeness (QED) is 0.852. The van der Waals surface area contributed by atoms with E-state index in [9.17, 15) is 13.6 Å². The molecule has 1 heterocycles. The molecule has 0 aliphatic carbocycles. The molecule has 3 nitrogen and oxygen atoms in total. The third-order valence-corrected chi connectivity index (χ3v) is 3.62. The highest BCUT2D eigenvalue weighted by atomic mass is 32.1. The molecule has 0 radical (unpaired) electrons. The van der Waals surface area contributed by atoms with Crippen LogP contribution >= 0.6 is 11.3 Å². The number of rotatable bonds is 6. The van der Waals surface area contributed by atoms with Crippen molar-refractivity contribution in [3.63, 3.8) is 0 Å². The van der Waals surface area contributed by atoms with Crippen molar-refractivity contribution < 1.29 is 13.6 Å². The number of nitrogens with one attached hydrogen (secondary N) is 2. The number of hydrogen-bond acceptors (Lipinski definition) is 3. The minimum absolute atomic E-state index is 0.0257. The Morgan fingerprint density at radius 3 is 2.57 bits per heavy atom. The average molecular weight is 310 g/mol. The summed E-state index contributed by atoms with van der Waals surface area (Å²) in [6, 6.07) is 3.97. The zero-order valence-electron chi connectivity index (χ0n) is 11.6. The van der Waals surface area contributed by atoms with Crippen molar-refractivity contribution in [3.05, 3.63) is 51.7 Å².